The number of nitrogens with zero attached hydrogens (tertiary/aromatic N) is 2. The molecule has 0 radical (unpaired) electrons. The summed E-state index contributed by atoms with van der Waals surface area (Å²) in [4.78, 5) is 13.5. The van der Waals surface area contributed by atoms with Crippen LogP contribution >= 0.6 is 0 Å². The number of likely N-dealkylation sites (tertiary alicyclic amines) is 1. The fourth-order valence-corrected chi connectivity index (χ4v) is 3.14. The average molecular weight is 346 g/mol. The number of aromatic nitrogens is 2. The number of H-pyrrole nitrogens is 1. The highest BCUT2D eigenvalue weighted by Gasteiger charge is 2.42. The topological polar surface area (TPSA) is 95.2 Å². The lowest BCUT2D eigenvalue weighted by molar-refractivity contribution is -0.137. The van der Waals surface area contributed by atoms with Crippen molar-refractivity contribution in [3.8, 4) is 23.0 Å². The number of nitrogens with one attached hydrogen (secondary N) is 1. The molecule has 3 aromatic rings. The van der Waals surface area contributed by atoms with Gasteiger partial charge in [-0.15, -0.1) is 0 Å². The molecule has 6 heteroatoms. The van der Waals surface area contributed by atoms with Gasteiger partial charge in [-0.25, -0.2) is 0 Å². The standard InChI is InChI=1S/C20H18N4O2/c1-24-10-9-20(26,19(24)25)8-7-13-3-2-4-14(11-13)15-5-6-17-16(12-15)18(21)23-22-17/h2-6,11-12,26H,9-10H2,1H3,(H3,21,22,23)/t20-/m0/s1. The highest BCUT2D eigenvalue weighted by atomic mass is 16.3. The molecule has 1 fully saturated rings. The van der Waals surface area contributed by atoms with Gasteiger partial charge >= 0.3 is 0 Å². The first-order chi connectivity index (χ1) is 12.5. The minimum Gasteiger partial charge on any atom is -0.382 e. The molecule has 1 aliphatic rings. The molecule has 4 rings (SSSR count). The summed E-state index contributed by atoms with van der Waals surface area (Å²) < 4.78 is 0. The number of hydrogen-bond donors (Lipinski definition) is 3. The SMILES string of the molecule is CN1CC[C@@](O)(C#Cc2cccc(-c3ccc4[nH]nc(N)c4c3)c2)C1=O. The molecule has 1 amide bonds. The number of aliphatic hydroxyl groups is 1. The first-order valence-electron chi connectivity index (χ1n) is 8.31. The lowest BCUT2D eigenvalue weighted by Gasteiger charge is -2.13. The third-order valence-corrected chi connectivity index (χ3v) is 4.71. The van der Waals surface area contributed by atoms with Gasteiger partial charge in [0.1, 0.15) is 0 Å². The molecule has 0 spiro atoms. The molecule has 6 nitrogen and oxygen atoms in total. The normalized spacial score (nSPS) is 19.6. The van der Waals surface area contributed by atoms with Crippen molar-refractivity contribution in [3.63, 3.8) is 0 Å². The molecule has 1 aliphatic heterocycles. The summed E-state index contributed by atoms with van der Waals surface area (Å²) in [5.74, 6) is 5.80. The zero-order valence-corrected chi connectivity index (χ0v) is 14.3. The highest BCUT2D eigenvalue weighted by Crippen LogP contribution is 2.27. The summed E-state index contributed by atoms with van der Waals surface area (Å²) in [5.41, 5.74) is 7.87. The van der Waals surface area contributed by atoms with E-state index in [1.54, 1.807) is 7.05 Å². The first-order valence-corrected chi connectivity index (χ1v) is 8.31. The predicted octanol–water partition coefficient (Wildman–Crippen LogP) is 1.76. The van der Waals surface area contributed by atoms with E-state index in [0.717, 1.165) is 27.6 Å². The van der Waals surface area contributed by atoms with E-state index in [0.29, 0.717) is 18.8 Å². The van der Waals surface area contributed by atoms with E-state index in [1.807, 2.05) is 42.5 Å². The van der Waals surface area contributed by atoms with Crippen molar-refractivity contribution < 1.29 is 9.90 Å². The first kappa shape index (κ1) is 16.2. The van der Waals surface area contributed by atoms with Crippen molar-refractivity contribution in [3.05, 3.63) is 48.0 Å². The number of nitrogen functional groups attached to an aromatic ring is 1. The molecule has 0 saturated carbocycles. The molecule has 2 aromatic carbocycles. The Morgan fingerprint density at radius 2 is 2.08 bits per heavy atom. The Kier molecular flexibility index (Phi) is 3.67. The average Bonchev–Trinajstić information content (AvgIpc) is 3.16. The van der Waals surface area contributed by atoms with E-state index in [9.17, 15) is 9.90 Å². The van der Waals surface area contributed by atoms with Gasteiger partial charge in [-0.1, -0.05) is 30.0 Å². The smallest absolute Gasteiger partial charge is 0.267 e. The van der Waals surface area contributed by atoms with Crippen LogP contribution in [-0.2, 0) is 4.79 Å². The molecule has 1 aromatic heterocycles. The van der Waals surface area contributed by atoms with Crippen molar-refractivity contribution in [2.75, 3.05) is 19.3 Å². The second-order valence-electron chi connectivity index (χ2n) is 6.54. The summed E-state index contributed by atoms with van der Waals surface area (Å²) in [6.07, 6.45) is 0.325. The van der Waals surface area contributed by atoms with Crippen LogP contribution in [0.1, 0.15) is 12.0 Å². The van der Waals surface area contributed by atoms with Crippen molar-refractivity contribution in [1.82, 2.24) is 15.1 Å². The number of carbonyl (C=O) groups excluding carboxylic acids is 1. The minimum atomic E-state index is -1.59. The number of hydrogen-bond acceptors (Lipinski definition) is 4. The molecule has 1 saturated heterocycles. The van der Waals surface area contributed by atoms with E-state index in [2.05, 4.69) is 22.0 Å². The summed E-state index contributed by atoms with van der Waals surface area (Å²) in [6.45, 7) is 0.510. The molecular weight excluding hydrogens is 328 g/mol. The summed E-state index contributed by atoms with van der Waals surface area (Å²) in [7, 11) is 1.67. The van der Waals surface area contributed by atoms with Crippen LogP contribution in [0, 0.1) is 11.8 Å². The van der Waals surface area contributed by atoms with Crippen molar-refractivity contribution >= 4 is 22.6 Å². The Hall–Kier alpha value is -3.30. The van der Waals surface area contributed by atoms with Crippen LogP contribution in [0.5, 0.6) is 0 Å². The monoisotopic (exact) mass is 346 g/mol. The van der Waals surface area contributed by atoms with Crippen LogP contribution in [0.4, 0.5) is 5.82 Å². The lowest BCUT2D eigenvalue weighted by Crippen LogP contribution is -2.37. The number of fused-ring (bicyclic) bond motifs is 1. The molecule has 4 N–H and O–H groups in total. The Bertz CT molecular complexity index is 1080. The van der Waals surface area contributed by atoms with Crippen molar-refractivity contribution in [2.24, 2.45) is 0 Å². The lowest BCUT2D eigenvalue weighted by atomic mass is 10.00. The Morgan fingerprint density at radius 3 is 2.85 bits per heavy atom. The van der Waals surface area contributed by atoms with Gasteiger partial charge in [-0.05, 0) is 35.4 Å². The highest BCUT2D eigenvalue weighted by molar-refractivity contribution is 5.92. The van der Waals surface area contributed by atoms with Gasteiger partial charge in [0.25, 0.3) is 5.91 Å². The van der Waals surface area contributed by atoms with Gasteiger partial charge < -0.3 is 15.7 Å². The van der Waals surface area contributed by atoms with Gasteiger partial charge in [0, 0.05) is 31.0 Å². The second-order valence-corrected chi connectivity index (χ2v) is 6.54. The van der Waals surface area contributed by atoms with E-state index in [-0.39, 0.29) is 5.91 Å². The predicted molar refractivity (Wildman–Crippen MR) is 100 cm³/mol. The molecule has 2 heterocycles. The maximum Gasteiger partial charge on any atom is 0.267 e. The number of anilines is 1. The number of carbonyl (C=O) groups is 1. The van der Waals surface area contributed by atoms with Gasteiger partial charge in [0.05, 0.1) is 5.52 Å². The third-order valence-electron chi connectivity index (χ3n) is 4.71. The van der Waals surface area contributed by atoms with Crippen LogP contribution in [-0.4, -0.2) is 45.3 Å². The largest absolute Gasteiger partial charge is 0.382 e. The summed E-state index contributed by atoms with van der Waals surface area (Å²) >= 11 is 0. The maximum atomic E-state index is 12.0. The second kappa shape index (κ2) is 5.90. The van der Waals surface area contributed by atoms with Gasteiger partial charge in [-0.2, -0.15) is 5.10 Å². The number of benzene rings is 2. The quantitative estimate of drug-likeness (QED) is 0.585. The molecule has 130 valence electrons. The minimum absolute atomic E-state index is 0.325. The van der Waals surface area contributed by atoms with Crippen LogP contribution in [0.15, 0.2) is 42.5 Å². The van der Waals surface area contributed by atoms with Gasteiger partial charge in [-0.3, -0.25) is 9.89 Å². The van der Waals surface area contributed by atoms with E-state index in [1.165, 1.54) is 4.90 Å². The van der Waals surface area contributed by atoms with Gasteiger partial charge in [0.15, 0.2) is 5.82 Å². The van der Waals surface area contributed by atoms with E-state index in [4.69, 9.17) is 5.73 Å². The van der Waals surface area contributed by atoms with E-state index >= 15 is 0 Å². The fourth-order valence-electron chi connectivity index (χ4n) is 3.14. The molecule has 0 bridgehead atoms. The number of aromatic amines is 1. The number of amides is 1. The Labute approximate surface area is 150 Å². The van der Waals surface area contributed by atoms with Crippen LogP contribution < -0.4 is 5.73 Å². The molecular formula is C20H18N4O2. The molecule has 26 heavy (non-hydrogen) atoms. The van der Waals surface area contributed by atoms with Gasteiger partial charge in [0.2, 0.25) is 5.60 Å². The van der Waals surface area contributed by atoms with Crippen molar-refractivity contribution in [1.29, 1.82) is 0 Å². The molecule has 1 atom stereocenters. The summed E-state index contributed by atoms with van der Waals surface area (Å²) in [6, 6.07) is 13.5. The molecule has 0 aliphatic carbocycles. The van der Waals surface area contributed by atoms with E-state index < -0.39 is 5.60 Å². The number of likely N-dealkylation sites (N-methyl/N-ethyl adjacent to an activating group) is 1. The van der Waals surface area contributed by atoms with Crippen molar-refractivity contribution in [2.45, 2.75) is 12.0 Å². The Balaban J connectivity index is 1.68. The van der Waals surface area contributed by atoms with Crippen LogP contribution in [0.3, 0.4) is 0 Å². The fraction of sp³-hybridized carbons (Fsp3) is 0.200. The van der Waals surface area contributed by atoms with Crippen LogP contribution in [0.25, 0.3) is 22.0 Å². The third kappa shape index (κ3) is 2.68. The zero-order valence-electron chi connectivity index (χ0n) is 14.3. The number of nitrogens with two attached hydrogens (primary N) is 1. The Morgan fingerprint density at radius 1 is 1.27 bits per heavy atom. The maximum absolute atomic E-state index is 12.0. The zero-order chi connectivity index (χ0) is 18.3. The number of rotatable bonds is 1. The molecule has 0 unspecified atom stereocenters. The van der Waals surface area contributed by atoms with Crippen LogP contribution in [0.2, 0.25) is 0 Å². The summed E-state index contributed by atoms with van der Waals surface area (Å²) in [5, 5.41) is 18.2.